The topological polar surface area (TPSA) is 96.4 Å². The number of rotatable bonds is 15. The molecule has 0 spiro atoms. The van der Waals surface area contributed by atoms with Gasteiger partial charge < -0.3 is 24.4 Å². The van der Waals surface area contributed by atoms with Crippen molar-refractivity contribution in [3.8, 4) is 5.75 Å². The number of hydrogen-bond acceptors (Lipinski definition) is 6. The predicted molar refractivity (Wildman–Crippen MR) is 220 cm³/mol. The minimum absolute atomic E-state index is 0.0377. The third kappa shape index (κ3) is 8.74. The van der Waals surface area contributed by atoms with E-state index in [-0.39, 0.29) is 50.8 Å². The molecule has 9 heteroatoms. The number of anilines is 1. The Hall–Kier alpha value is -6.32. The molecule has 1 heterocycles. The quantitative estimate of drug-likeness (QED) is 0.0639. The van der Waals surface area contributed by atoms with E-state index in [1.165, 1.54) is 19.1 Å². The van der Waals surface area contributed by atoms with Gasteiger partial charge in [-0.1, -0.05) is 103 Å². The molecular weight excluding hydrogens is 720 g/mol. The second-order valence-electron chi connectivity index (χ2n) is 14.3. The molecule has 290 valence electrons. The number of carbonyl (C=O) groups excluding carboxylic acids is 3. The van der Waals surface area contributed by atoms with Gasteiger partial charge in [0.1, 0.15) is 17.7 Å². The van der Waals surface area contributed by atoms with Gasteiger partial charge in [-0.3, -0.25) is 14.4 Å². The number of carbonyl (C=O) groups is 3. The Labute approximate surface area is 331 Å². The van der Waals surface area contributed by atoms with Crippen molar-refractivity contribution < 1.29 is 33.4 Å². The Balaban J connectivity index is 1.40. The summed E-state index contributed by atoms with van der Waals surface area (Å²) in [6, 6.07) is 37.3. The summed E-state index contributed by atoms with van der Waals surface area (Å²) in [5.74, 6) is -0.966. The summed E-state index contributed by atoms with van der Waals surface area (Å²) in [5, 5.41) is 13.5. The lowest BCUT2D eigenvalue weighted by Gasteiger charge is -2.39. The standard InChI is InChI=1S/C48H45FN2O6/c1-3-10-44(57-32(2)53)48-47(50(45(54)28-33-18-21-39(49)22-19-33)31-38-15-8-14-36-12-6-7-16-41(36)38)42-30-40(56-26-9-25-52)23-24-43(42)51(48)46(55)29-34-17-20-35-11-4-5-13-37(35)27-34/h3-8,11-24,27,30,44,47-48,52H,1,9-10,25-26,28-29,31H2,2H3/t44?,47-,48+/m0/s1. The highest BCUT2D eigenvalue weighted by atomic mass is 19.1. The van der Waals surface area contributed by atoms with Gasteiger partial charge >= 0.3 is 5.97 Å². The maximum absolute atomic E-state index is 15.0. The highest BCUT2D eigenvalue weighted by Crippen LogP contribution is 2.48. The lowest BCUT2D eigenvalue weighted by molar-refractivity contribution is -0.149. The zero-order valence-corrected chi connectivity index (χ0v) is 31.9. The van der Waals surface area contributed by atoms with Gasteiger partial charge in [-0.15, -0.1) is 6.58 Å². The molecule has 1 aliphatic heterocycles. The molecule has 0 bridgehead atoms. The number of benzene rings is 6. The van der Waals surface area contributed by atoms with E-state index in [1.54, 1.807) is 34.1 Å². The monoisotopic (exact) mass is 764 g/mol. The van der Waals surface area contributed by atoms with E-state index in [0.29, 0.717) is 29.0 Å². The fraction of sp³-hybridized carbons (Fsp3) is 0.229. The molecule has 0 saturated heterocycles. The number of hydrogen-bond donors (Lipinski definition) is 1. The Morgan fingerprint density at radius 2 is 1.56 bits per heavy atom. The Kier molecular flexibility index (Phi) is 12.1. The van der Waals surface area contributed by atoms with Crippen molar-refractivity contribution in [3.05, 3.63) is 168 Å². The van der Waals surface area contributed by atoms with Crippen LogP contribution in [0.25, 0.3) is 21.5 Å². The number of fused-ring (bicyclic) bond motifs is 3. The molecule has 3 atom stereocenters. The first kappa shape index (κ1) is 38.9. The van der Waals surface area contributed by atoms with Gasteiger partial charge in [0.2, 0.25) is 11.8 Å². The molecule has 6 aromatic carbocycles. The molecule has 0 saturated carbocycles. The third-order valence-electron chi connectivity index (χ3n) is 10.5. The lowest BCUT2D eigenvalue weighted by atomic mass is 9.93. The summed E-state index contributed by atoms with van der Waals surface area (Å²) in [7, 11) is 0. The molecule has 1 N–H and O–H groups in total. The number of nitrogens with zero attached hydrogens (tertiary/aromatic N) is 2. The van der Waals surface area contributed by atoms with Gasteiger partial charge in [0, 0.05) is 44.2 Å². The molecule has 8 nitrogen and oxygen atoms in total. The first-order chi connectivity index (χ1) is 27.7. The van der Waals surface area contributed by atoms with E-state index in [2.05, 4.69) is 6.58 Å². The summed E-state index contributed by atoms with van der Waals surface area (Å²) < 4.78 is 26.2. The van der Waals surface area contributed by atoms with E-state index in [1.807, 2.05) is 97.1 Å². The van der Waals surface area contributed by atoms with Crippen LogP contribution < -0.4 is 9.64 Å². The lowest BCUT2D eigenvalue weighted by Crippen LogP contribution is -2.53. The summed E-state index contributed by atoms with van der Waals surface area (Å²) in [4.78, 5) is 46.3. The van der Waals surface area contributed by atoms with E-state index in [0.717, 1.165) is 32.7 Å². The molecule has 6 aromatic rings. The molecule has 0 fully saturated rings. The molecule has 0 radical (unpaired) electrons. The van der Waals surface area contributed by atoms with Crippen molar-refractivity contribution in [2.45, 2.75) is 57.3 Å². The van der Waals surface area contributed by atoms with Crippen molar-refractivity contribution in [1.82, 2.24) is 4.90 Å². The zero-order valence-electron chi connectivity index (χ0n) is 31.9. The predicted octanol–water partition coefficient (Wildman–Crippen LogP) is 8.67. The normalized spacial score (nSPS) is 15.2. The van der Waals surface area contributed by atoms with Crippen LogP contribution in [0, 0.1) is 5.82 Å². The number of esters is 1. The van der Waals surface area contributed by atoms with Gasteiger partial charge in [0.05, 0.1) is 31.5 Å². The van der Waals surface area contributed by atoms with Crippen LogP contribution in [-0.4, -0.2) is 53.1 Å². The van der Waals surface area contributed by atoms with Crippen LogP contribution in [0.4, 0.5) is 10.1 Å². The first-order valence-electron chi connectivity index (χ1n) is 19.2. The second kappa shape index (κ2) is 17.6. The van der Waals surface area contributed by atoms with E-state index in [4.69, 9.17) is 9.47 Å². The van der Waals surface area contributed by atoms with Gasteiger partial charge in [0.25, 0.3) is 0 Å². The summed E-state index contributed by atoms with van der Waals surface area (Å²) >= 11 is 0. The van der Waals surface area contributed by atoms with Crippen molar-refractivity contribution in [2.75, 3.05) is 18.1 Å². The second-order valence-corrected chi connectivity index (χ2v) is 14.3. The Bertz CT molecular complexity index is 2410. The van der Waals surface area contributed by atoms with Crippen LogP contribution in [0.2, 0.25) is 0 Å². The molecule has 0 aliphatic carbocycles. The molecule has 0 aromatic heterocycles. The van der Waals surface area contributed by atoms with Crippen LogP contribution >= 0.6 is 0 Å². The number of aliphatic hydroxyl groups is 1. The molecule has 57 heavy (non-hydrogen) atoms. The highest BCUT2D eigenvalue weighted by Gasteiger charge is 2.50. The minimum Gasteiger partial charge on any atom is -0.493 e. The average Bonchev–Trinajstić information content (AvgIpc) is 3.54. The van der Waals surface area contributed by atoms with Crippen LogP contribution in [-0.2, 0) is 38.5 Å². The van der Waals surface area contributed by atoms with Crippen molar-refractivity contribution >= 4 is 45.0 Å². The largest absolute Gasteiger partial charge is 0.493 e. The van der Waals surface area contributed by atoms with Gasteiger partial charge in [-0.2, -0.15) is 0 Å². The first-order valence-corrected chi connectivity index (χ1v) is 19.2. The van der Waals surface area contributed by atoms with Gasteiger partial charge in [0.15, 0.2) is 0 Å². The smallest absolute Gasteiger partial charge is 0.302 e. The van der Waals surface area contributed by atoms with E-state index in [9.17, 15) is 19.1 Å². The summed E-state index contributed by atoms with van der Waals surface area (Å²) in [5.41, 5.74) is 3.50. The Morgan fingerprint density at radius 1 is 0.842 bits per heavy atom. The molecule has 1 unspecified atom stereocenters. The SMILES string of the molecule is C=CCC(OC(C)=O)[C@@H]1[C@@H](N(Cc2cccc3ccccc23)C(=O)Cc2ccc(F)cc2)c2cc(OCCCO)ccc2N1C(=O)Cc1ccc2ccccc2c1. The van der Waals surface area contributed by atoms with Crippen molar-refractivity contribution in [2.24, 2.45) is 0 Å². The zero-order chi connectivity index (χ0) is 39.9. The van der Waals surface area contributed by atoms with E-state index < -0.39 is 30.0 Å². The molecule has 1 aliphatic rings. The average molecular weight is 765 g/mol. The van der Waals surface area contributed by atoms with Crippen LogP contribution in [0.3, 0.4) is 0 Å². The number of ether oxygens (including phenoxy) is 2. The van der Waals surface area contributed by atoms with E-state index >= 15 is 4.79 Å². The maximum atomic E-state index is 15.0. The highest BCUT2D eigenvalue weighted by molar-refractivity contribution is 5.99. The number of halogens is 1. The molecule has 7 rings (SSSR count). The summed E-state index contributed by atoms with van der Waals surface area (Å²) in [6.07, 6.45) is 1.35. The van der Waals surface area contributed by atoms with Crippen LogP contribution in [0.15, 0.2) is 140 Å². The van der Waals surface area contributed by atoms with Gasteiger partial charge in [-0.05, 0) is 68.6 Å². The third-order valence-corrected chi connectivity index (χ3v) is 10.5. The molecule has 2 amide bonds. The Morgan fingerprint density at radius 3 is 2.32 bits per heavy atom. The number of amides is 2. The van der Waals surface area contributed by atoms with Crippen LogP contribution in [0.5, 0.6) is 5.75 Å². The van der Waals surface area contributed by atoms with Gasteiger partial charge in [-0.25, -0.2) is 4.39 Å². The fourth-order valence-electron chi connectivity index (χ4n) is 7.92. The molecular formula is C48H45FN2O6. The van der Waals surface area contributed by atoms with Crippen molar-refractivity contribution in [3.63, 3.8) is 0 Å². The maximum Gasteiger partial charge on any atom is 0.302 e. The number of aliphatic hydroxyl groups excluding tert-OH is 1. The fourth-order valence-corrected chi connectivity index (χ4v) is 7.92. The van der Waals surface area contributed by atoms with Crippen molar-refractivity contribution in [1.29, 1.82) is 0 Å². The minimum atomic E-state index is -0.898. The van der Waals surface area contributed by atoms with Crippen LogP contribution in [0.1, 0.15) is 48.1 Å². The summed E-state index contributed by atoms with van der Waals surface area (Å²) in [6.45, 7) is 5.65.